The highest BCUT2D eigenvalue weighted by atomic mass is 35.5. The molecule has 0 spiro atoms. The van der Waals surface area contributed by atoms with E-state index in [1.165, 1.54) is 19.3 Å². The fourth-order valence-corrected chi connectivity index (χ4v) is 7.41. The topological polar surface area (TPSA) is 45.1 Å². The Morgan fingerprint density at radius 3 is 2.39 bits per heavy atom. The zero-order valence-corrected chi connectivity index (χ0v) is 17.6. The average molecular weight is 454 g/mol. The van der Waals surface area contributed by atoms with E-state index < -0.39 is 18.3 Å². The van der Waals surface area contributed by atoms with Gasteiger partial charge >= 0.3 is 12.1 Å². The molecule has 5 nitrogen and oxygen atoms in total. The number of nitrogens with zero attached hydrogens (tertiary/aromatic N) is 3. The Kier molecular flexibility index (Phi) is 4.15. The molecule has 166 valence electrons. The number of amidine groups is 1. The number of hydrogen-bond acceptors (Lipinski definition) is 5. The number of alkyl halides is 3. The van der Waals surface area contributed by atoms with Crippen molar-refractivity contribution in [2.45, 2.75) is 57.3 Å². The third-order valence-electron chi connectivity index (χ3n) is 7.90. The van der Waals surface area contributed by atoms with Crippen LogP contribution in [0.1, 0.15) is 55.8 Å². The molecule has 4 fully saturated rings. The minimum Gasteiger partial charge on any atom is -0.329 e. The van der Waals surface area contributed by atoms with Crippen LogP contribution in [-0.4, -0.2) is 34.6 Å². The molecule has 0 aromatic heterocycles. The summed E-state index contributed by atoms with van der Waals surface area (Å²) in [6, 6.07) is 5.42. The number of carbonyl (C=O) groups excluding carboxylic acids is 1. The number of hydrogen-bond donors (Lipinski definition) is 0. The minimum absolute atomic E-state index is 0.136. The average Bonchev–Trinajstić information content (AvgIpc) is 3.06. The maximum Gasteiger partial charge on any atom is 0.493 e. The SMILES string of the molecule is O=C(ON1N=C(C23CC4CC(CC(C4)C2)C3)N2CCc3ccc(Cl)cc3C12)C(F)(F)F. The van der Waals surface area contributed by atoms with Gasteiger partial charge in [0.05, 0.1) is 0 Å². The molecule has 1 unspecified atom stereocenters. The minimum atomic E-state index is -5.09. The molecule has 4 saturated carbocycles. The number of carbonyl (C=O) groups is 1. The first kappa shape index (κ1) is 19.7. The molecule has 1 aromatic carbocycles. The Labute approximate surface area is 183 Å². The van der Waals surface area contributed by atoms with Crippen LogP contribution in [0.5, 0.6) is 0 Å². The summed E-state index contributed by atoms with van der Waals surface area (Å²) >= 11 is 6.22. The predicted molar refractivity (Wildman–Crippen MR) is 107 cm³/mol. The highest BCUT2D eigenvalue weighted by Crippen LogP contribution is 2.62. The molecule has 2 heterocycles. The van der Waals surface area contributed by atoms with E-state index in [9.17, 15) is 18.0 Å². The van der Waals surface area contributed by atoms with Crippen molar-refractivity contribution in [1.29, 1.82) is 0 Å². The highest BCUT2D eigenvalue weighted by Gasteiger charge is 2.58. The number of hydrazone groups is 1. The van der Waals surface area contributed by atoms with Crippen molar-refractivity contribution in [3.63, 3.8) is 0 Å². The first-order valence-electron chi connectivity index (χ1n) is 10.9. The van der Waals surface area contributed by atoms with E-state index in [0.29, 0.717) is 29.3 Å². The Bertz CT molecular complexity index is 944. The normalized spacial score (nSPS) is 35.7. The third-order valence-corrected chi connectivity index (χ3v) is 8.13. The molecule has 0 N–H and O–H groups in total. The molecule has 4 aliphatic carbocycles. The van der Waals surface area contributed by atoms with E-state index in [1.54, 1.807) is 12.1 Å². The van der Waals surface area contributed by atoms with E-state index in [4.69, 9.17) is 16.4 Å². The van der Waals surface area contributed by atoms with Crippen LogP contribution in [0.4, 0.5) is 13.2 Å². The summed E-state index contributed by atoms with van der Waals surface area (Å²) in [6.45, 7) is 0.625. The molecule has 0 saturated heterocycles. The zero-order valence-electron chi connectivity index (χ0n) is 16.9. The van der Waals surface area contributed by atoms with Gasteiger partial charge in [-0.15, -0.1) is 5.10 Å². The number of hydroxylamine groups is 1. The summed E-state index contributed by atoms with van der Waals surface area (Å²) in [6.07, 6.45) is 1.76. The molecule has 31 heavy (non-hydrogen) atoms. The van der Waals surface area contributed by atoms with Gasteiger partial charge in [-0.2, -0.15) is 13.2 Å². The monoisotopic (exact) mass is 453 g/mol. The highest BCUT2D eigenvalue weighted by molar-refractivity contribution is 6.30. The predicted octanol–water partition coefficient (Wildman–Crippen LogP) is 5.06. The fraction of sp³-hybridized carbons (Fsp3) is 0.636. The molecule has 4 bridgehead atoms. The number of fused-ring (bicyclic) bond motifs is 3. The van der Waals surface area contributed by atoms with Crippen LogP contribution in [0.15, 0.2) is 23.3 Å². The summed E-state index contributed by atoms with van der Waals surface area (Å²) < 4.78 is 39.0. The molecule has 7 rings (SSSR count). The van der Waals surface area contributed by atoms with Crippen molar-refractivity contribution in [3.8, 4) is 0 Å². The standard InChI is InChI=1S/C22H23ClF3N3O2/c23-16-2-1-15-3-4-28-18(17(15)8-16)29(31-20(30)22(24,25)26)27-19(28)21-9-12-5-13(10-21)7-14(6-12)11-21/h1-2,8,12-14,18H,3-7,9-11H2. The van der Waals surface area contributed by atoms with E-state index in [1.807, 2.05) is 6.07 Å². The summed E-state index contributed by atoms with van der Waals surface area (Å²) in [5.41, 5.74) is 1.60. The van der Waals surface area contributed by atoms with Gasteiger partial charge in [-0.05, 0) is 80.4 Å². The first-order chi connectivity index (χ1) is 14.7. The molecule has 1 aromatic rings. The molecular weight excluding hydrogens is 431 g/mol. The Balaban J connectivity index is 1.41. The van der Waals surface area contributed by atoms with E-state index >= 15 is 0 Å². The van der Waals surface area contributed by atoms with Crippen molar-refractivity contribution in [3.05, 3.63) is 34.3 Å². The van der Waals surface area contributed by atoms with Crippen molar-refractivity contribution < 1.29 is 22.8 Å². The number of rotatable bonds is 2. The van der Waals surface area contributed by atoms with Crippen LogP contribution < -0.4 is 0 Å². The van der Waals surface area contributed by atoms with Crippen LogP contribution in [-0.2, 0) is 16.1 Å². The van der Waals surface area contributed by atoms with Crippen molar-refractivity contribution in [2.75, 3.05) is 6.54 Å². The van der Waals surface area contributed by atoms with Gasteiger partial charge in [-0.1, -0.05) is 22.8 Å². The zero-order chi connectivity index (χ0) is 21.5. The van der Waals surface area contributed by atoms with Crippen LogP contribution in [0, 0.1) is 23.2 Å². The van der Waals surface area contributed by atoms with E-state index in [2.05, 4.69) is 10.0 Å². The van der Waals surface area contributed by atoms with Gasteiger partial charge < -0.3 is 9.74 Å². The summed E-state index contributed by atoms with van der Waals surface area (Å²) in [7, 11) is 0. The lowest BCUT2D eigenvalue weighted by Gasteiger charge is -2.57. The molecule has 9 heteroatoms. The molecule has 1 atom stereocenters. The lowest BCUT2D eigenvalue weighted by Crippen LogP contribution is -2.54. The Morgan fingerprint density at radius 1 is 1.13 bits per heavy atom. The summed E-state index contributed by atoms with van der Waals surface area (Å²) in [4.78, 5) is 18.6. The van der Waals surface area contributed by atoms with Crippen LogP contribution in [0.3, 0.4) is 0 Å². The quantitative estimate of drug-likeness (QED) is 0.627. The van der Waals surface area contributed by atoms with Crippen molar-refractivity contribution in [2.24, 2.45) is 28.3 Å². The van der Waals surface area contributed by atoms with Gasteiger partial charge in [0.2, 0.25) is 0 Å². The van der Waals surface area contributed by atoms with Crippen LogP contribution in [0.2, 0.25) is 5.02 Å². The van der Waals surface area contributed by atoms with Gasteiger partial charge in [0.15, 0.2) is 6.17 Å². The van der Waals surface area contributed by atoms with E-state index in [-0.39, 0.29) is 5.41 Å². The largest absolute Gasteiger partial charge is 0.493 e. The summed E-state index contributed by atoms with van der Waals surface area (Å²) in [5.74, 6) is 0.524. The molecule has 2 aliphatic heterocycles. The van der Waals surface area contributed by atoms with Crippen LogP contribution >= 0.6 is 11.6 Å². The van der Waals surface area contributed by atoms with Crippen molar-refractivity contribution >= 4 is 23.4 Å². The lowest BCUT2D eigenvalue weighted by molar-refractivity contribution is -0.251. The number of halogens is 4. The van der Waals surface area contributed by atoms with Gasteiger partial charge in [0.25, 0.3) is 0 Å². The Hall–Kier alpha value is -1.96. The van der Waals surface area contributed by atoms with Crippen molar-refractivity contribution in [1.82, 2.24) is 10.1 Å². The molecular formula is C22H23ClF3N3O2. The second kappa shape index (κ2) is 6.53. The summed E-state index contributed by atoms with van der Waals surface area (Å²) in [5, 5.41) is 5.97. The third kappa shape index (κ3) is 3.04. The second-order valence-corrected chi connectivity index (χ2v) is 10.4. The molecule has 0 amide bonds. The van der Waals surface area contributed by atoms with Gasteiger partial charge in [0, 0.05) is 22.5 Å². The second-order valence-electron chi connectivity index (χ2n) is 9.96. The molecule has 0 radical (unpaired) electrons. The molecule has 6 aliphatic rings. The van der Waals surface area contributed by atoms with Gasteiger partial charge in [-0.3, -0.25) is 0 Å². The smallest absolute Gasteiger partial charge is 0.329 e. The van der Waals surface area contributed by atoms with Crippen LogP contribution in [0.25, 0.3) is 0 Å². The maximum absolute atomic E-state index is 13.0. The fourth-order valence-electron chi connectivity index (χ4n) is 7.23. The van der Waals surface area contributed by atoms with Gasteiger partial charge in [-0.25, -0.2) is 4.79 Å². The number of benzene rings is 1. The first-order valence-corrected chi connectivity index (χ1v) is 11.3. The van der Waals surface area contributed by atoms with Gasteiger partial charge in [0.1, 0.15) is 5.84 Å². The Morgan fingerprint density at radius 2 is 1.77 bits per heavy atom. The van der Waals surface area contributed by atoms with E-state index in [0.717, 1.165) is 47.8 Å². The maximum atomic E-state index is 13.0. The lowest BCUT2D eigenvalue weighted by atomic mass is 9.49.